The minimum atomic E-state index is -0.815. The molecule has 0 aromatic rings. The number of unbranched alkanes of at least 4 members (excludes halogenated alkanes) is 25. The molecule has 6 heteroatoms. The van der Waals surface area contributed by atoms with Gasteiger partial charge in [0.25, 0.3) is 0 Å². The van der Waals surface area contributed by atoms with Crippen LogP contribution in [0.15, 0.2) is 97.2 Å². The Morgan fingerprint density at radius 2 is 0.586 bits per heavy atom. The van der Waals surface area contributed by atoms with E-state index < -0.39 is 6.10 Å². The Balaban J connectivity index is 4.51. The van der Waals surface area contributed by atoms with E-state index in [1.807, 2.05) is 6.08 Å². The SMILES string of the molecule is CC/C=C\C/C=C\C/C=C\C/C=C\C/C=C\C/C=C\CCC(=O)OCC(COC(=O)CCCCCCCCC/C=C\CCCCCC)OC(=O)CCCCCCC/C=C\CCCCCCCCCCC. The van der Waals surface area contributed by atoms with E-state index >= 15 is 0 Å². The Kier molecular flexibility index (Phi) is 54.9. The number of rotatable bonds is 52. The highest BCUT2D eigenvalue weighted by Gasteiger charge is 2.19. The van der Waals surface area contributed by atoms with E-state index in [4.69, 9.17) is 14.2 Å². The van der Waals surface area contributed by atoms with Crippen molar-refractivity contribution in [3.8, 4) is 0 Å². The lowest BCUT2D eigenvalue weighted by molar-refractivity contribution is -0.166. The normalized spacial score (nSPS) is 12.8. The maximum Gasteiger partial charge on any atom is 0.306 e. The lowest BCUT2D eigenvalue weighted by Crippen LogP contribution is -2.30. The third kappa shape index (κ3) is 55.3. The number of carbonyl (C=O) groups excluding carboxylic acids is 3. The van der Waals surface area contributed by atoms with Crippen molar-refractivity contribution in [3.05, 3.63) is 97.2 Å². The largest absolute Gasteiger partial charge is 0.462 e. The fraction of sp³-hybridized carbons (Fsp3) is 0.703. The molecule has 0 aromatic heterocycles. The van der Waals surface area contributed by atoms with Gasteiger partial charge in [-0.05, 0) is 109 Å². The summed E-state index contributed by atoms with van der Waals surface area (Å²) < 4.78 is 16.8. The molecular formula is C64H108O6. The molecule has 0 N–H and O–H groups in total. The fourth-order valence-electron chi connectivity index (χ4n) is 7.93. The molecule has 6 nitrogen and oxygen atoms in total. The zero-order valence-corrected chi connectivity index (χ0v) is 45.8. The Bertz CT molecular complexity index is 1400. The molecule has 0 heterocycles. The van der Waals surface area contributed by atoms with Crippen molar-refractivity contribution in [2.24, 2.45) is 0 Å². The Hall–Kier alpha value is -3.67. The van der Waals surface area contributed by atoms with Crippen LogP contribution in [0, 0.1) is 0 Å². The summed E-state index contributed by atoms with van der Waals surface area (Å²) in [4.78, 5) is 38.1. The summed E-state index contributed by atoms with van der Waals surface area (Å²) in [5.41, 5.74) is 0. The van der Waals surface area contributed by atoms with Gasteiger partial charge in [-0.15, -0.1) is 0 Å². The predicted octanol–water partition coefficient (Wildman–Crippen LogP) is 19.7. The first-order chi connectivity index (χ1) is 34.5. The quantitative estimate of drug-likeness (QED) is 0.0262. The monoisotopic (exact) mass is 973 g/mol. The van der Waals surface area contributed by atoms with Crippen LogP contribution in [-0.2, 0) is 28.6 Å². The van der Waals surface area contributed by atoms with Gasteiger partial charge < -0.3 is 14.2 Å². The summed E-state index contributed by atoms with van der Waals surface area (Å²) in [5, 5.41) is 0. The molecule has 0 amide bonds. The molecule has 0 spiro atoms. The molecule has 0 aliphatic rings. The molecule has 1 atom stereocenters. The molecule has 0 saturated heterocycles. The average Bonchev–Trinajstić information content (AvgIpc) is 3.36. The van der Waals surface area contributed by atoms with Crippen LogP contribution in [0.1, 0.15) is 271 Å². The lowest BCUT2D eigenvalue weighted by Gasteiger charge is -2.18. The van der Waals surface area contributed by atoms with Crippen LogP contribution < -0.4 is 0 Å². The van der Waals surface area contributed by atoms with Crippen LogP contribution >= 0.6 is 0 Å². The zero-order valence-electron chi connectivity index (χ0n) is 45.8. The number of carbonyl (C=O) groups is 3. The number of hydrogen-bond donors (Lipinski definition) is 0. The van der Waals surface area contributed by atoms with Crippen molar-refractivity contribution in [1.29, 1.82) is 0 Å². The molecule has 0 aliphatic heterocycles. The molecule has 0 bridgehead atoms. The van der Waals surface area contributed by atoms with Crippen LogP contribution in [-0.4, -0.2) is 37.2 Å². The van der Waals surface area contributed by atoms with Crippen molar-refractivity contribution < 1.29 is 28.6 Å². The molecule has 0 rings (SSSR count). The molecule has 400 valence electrons. The van der Waals surface area contributed by atoms with Crippen LogP contribution in [0.3, 0.4) is 0 Å². The van der Waals surface area contributed by atoms with Gasteiger partial charge >= 0.3 is 17.9 Å². The molecule has 0 radical (unpaired) electrons. The van der Waals surface area contributed by atoms with E-state index in [0.29, 0.717) is 19.3 Å². The number of esters is 3. The van der Waals surface area contributed by atoms with Crippen molar-refractivity contribution in [3.63, 3.8) is 0 Å². The number of allylic oxidation sites excluding steroid dienone is 16. The van der Waals surface area contributed by atoms with Crippen molar-refractivity contribution >= 4 is 17.9 Å². The van der Waals surface area contributed by atoms with E-state index in [-0.39, 0.29) is 37.5 Å². The van der Waals surface area contributed by atoms with Gasteiger partial charge in [-0.3, -0.25) is 14.4 Å². The van der Waals surface area contributed by atoms with Gasteiger partial charge in [-0.1, -0.05) is 240 Å². The maximum atomic E-state index is 12.9. The summed E-state index contributed by atoms with van der Waals surface area (Å²) in [7, 11) is 0. The summed E-state index contributed by atoms with van der Waals surface area (Å²) in [6.45, 7) is 6.45. The highest BCUT2D eigenvalue weighted by Crippen LogP contribution is 2.14. The summed E-state index contributed by atoms with van der Waals surface area (Å²) in [6.07, 6.45) is 76.9. The Morgan fingerprint density at radius 1 is 0.300 bits per heavy atom. The highest BCUT2D eigenvalue weighted by atomic mass is 16.6. The summed E-state index contributed by atoms with van der Waals surface area (Å²) in [6, 6.07) is 0. The third-order valence-electron chi connectivity index (χ3n) is 12.3. The first-order valence-electron chi connectivity index (χ1n) is 29.2. The predicted molar refractivity (Wildman–Crippen MR) is 302 cm³/mol. The van der Waals surface area contributed by atoms with Gasteiger partial charge in [-0.2, -0.15) is 0 Å². The van der Waals surface area contributed by atoms with Crippen molar-refractivity contribution in [1.82, 2.24) is 0 Å². The average molecular weight is 974 g/mol. The van der Waals surface area contributed by atoms with Crippen LogP contribution in [0.2, 0.25) is 0 Å². The first-order valence-corrected chi connectivity index (χ1v) is 29.2. The second-order valence-corrected chi connectivity index (χ2v) is 19.2. The van der Waals surface area contributed by atoms with E-state index in [9.17, 15) is 14.4 Å². The topological polar surface area (TPSA) is 78.9 Å². The minimum Gasteiger partial charge on any atom is -0.462 e. The minimum absolute atomic E-state index is 0.106. The molecule has 0 aromatic carbocycles. The Labute approximate surface area is 432 Å². The maximum absolute atomic E-state index is 12.9. The molecule has 0 aliphatic carbocycles. The van der Waals surface area contributed by atoms with Crippen molar-refractivity contribution in [2.45, 2.75) is 277 Å². The second-order valence-electron chi connectivity index (χ2n) is 19.2. The summed E-state index contributed by atoms with van der Waals surface area (Å²) in [5.74, 6) is -1.00. The van der Waals surface area contributed by atoms with Gasteiger partial charge in [0.2, 0.25) is 0 Å². The van der Waals surface area contributed by atoms with Crippen molar-refractivity contribution in [2.75, 3.05) is 13.2 Å². The van der Waals surface area contributed by atoms with Crippen LogP contribution in [0.5, 0.6) is 0 Å². The molecular weight excluding hydrogens is 865 g/mol. The molecule has 0 fully saturated rings. The lowest BCUT2D eigenvalue weighted by atomic mass is 10.1. The van der Waals surface area contributed by atoms with E-state index in [1.165, 1.54) is 135 Å². The second kappa shape index (κ2) is 57.9. The van der Waals surface area contributed by atoms with Crippen LogP contribution in [0.25, 0.3) is 0 Å². The highest BCUT2D eigenvalue weighted by molar-refractivity contribution is 5.71. The van der Waals surface area contributed by atoms with E-state index in [2.05, 4.69) is 112 Å². The van der Waals surface area contributed by atoms with Gasteiger partial charge in [0.05, 0.1) is 0 Å². The fourth-order valence-corrected chi connectivity index (χ4v) is 7.93. The van der Waals surface area contributed by atoms with E-state index in [1.54, 1.807) is 0 Å². The number of hydrogen-bond acceptors (Lipinski definition) is 6. The Morgan fingerprint density at radius 3 is 0.971 bits per heavy atom. The van der Waals surface area contributed by atoms with E-state index in [0.717, 1.165) is 89.9 Å². The first kappa shape index (κ1) is 66.3. The summed E-state index contributed by atoms with van der Waals surface area (Å²) >= 11 is 0. The number of ether oxygens (including phenoxy) is 3. The molecule has 1 unspecified atom stereocenters. The standard InChI is InChI=1S/C64H108O6/c1-4-7-10-13-16-19-22-25-28-30-32-34-36-39-42-45-48-51-54-57-63(66)69-60-61(59-68-62(65)56-53-50-47-44-41-38-35-27-24-21-18-15-12-9-6-3)70-64(67)58-55-52-49-46-43-40-37-33-31-29-26-23-20-17-14-11-8-5-2/h7,10,16,19,21,24-25,28,32-34,37,39,42,48,51,61H,4-6,8-9,11-15,17-18,20,22-23,26-27,29-31,35-36,38,40-41,43-47,49-50,52-60H2,1-3H3/b10-7-,19-16-,24-21-,28-25-,34-32-,37-33-,42-39-,51-48-. The molecule has 70 heavy (non-hydrogen) atoms. The van der Waals surface area contributed by atoms with Gasteiger partial charge in [0, 0.05) is 19.3 Å². The van der Waals surface area contributed by atoms with Gasteiger partial charge in [0.15, 0.2) is 6.10 Å². The zero-order chi connectivity index (χ0) is 50.7. The van der Waals surface area contributed by atoms with Gasteiger partial charge in [-0.25, -0.2) is 0 Å². The van der Waals surface area contributed by atoms with Crippen LogP contribution in [0.4, 0.5) is 0 Å². The smallest absolute Gasteiger partial charge is 0.306 e. The molecule has 0 saturated carbocycles. The van der Waals surface area contributed by atoms with Gasteiger partial charge in [0.1, 0.15) is 13.2 Å². The third-order valence-corrected chi connectivity index (χ3v) is 12.3.